The number of ether oxygens (including phenoxy) is 1. The van der Waals surface area contributed by atoms with Crippen LogP contribution in [0.4, 0.5) is 16.2 Å². The van der Waals surface area contributed by atoms with Gasteiger partial charge in [0.05, 0.1) is 6.54 Å². The molecule has 0 saturated carbocycles. The van der Waals surface area contributed by atoms with Gasteiger partial charge in [-0.25, -0.2) is 4.79 Å². The van der Waals surface area contributed by atoms with E-state index in [9.17, 15) is 9.59 Å². The Hall–Kier alpha value is -2.53. The van der Waals surface area contributed by atoms with Crippen molar-refractivity contribution in [2.45, 2.75) is 0 Å². The molecule has 22 heavy (non-hydrogen) atoms. The summed E-state index contributed by atoms with van der Waals surface area (Å²) in [5.41, 5.74) is 1.89. The normalized spacial score (nSPS) is 13.9. The number of nitrogens with zero attached hydrogens (tertiary/aromatic N) is 1. The van der Waals surface area contributed by atoms with Crippen molar-refractivity contribution in [3.63, 3.8) is 0 Å². The van der Waals surface area contributed by atoms with Crippen LogP contribution < -0.4 is 10.2 Å². The van der Waals surface area contributed by atoms with Crippen LogP contribution in [0, 0.1) is 0 Å². The lowest BCUT2D eigenvalue weighted by Crippen LogP contribution is -2.23. The fraction of sp³-hybridized carbons (Fsp3) is 0.125. The van der Waals surface area contributed by atoms with Crippen molar-refractivity contribution in [2.24, 2.45) is 0 Å². The molecule has 1 saturated heterocycles. The Labute approximate surface area is 132 Å². The van der Waals surface area contributed by atoms with Gasteiger partial charge in [-0.15, -0.1) is 0 Å². The second-order valence-electron chi connectivity index (χ2n) is 4.77. The summed E-state index contributed by atoms with van der Waals surface area (Å²) >= 11 is 5.80. The highest BCUT2D eigenvalue weighted by atomic mass is 35.5. The molecule has 2 aromatic rings. The quantitative estimate of drug-likeness (QED) is 0.942. The Morgan fingerprint density at radius 3 is 2.36 bits per heavy atom. The molecule has 0 aromatic heterocycles. The molecule has 1 aliphatic rings. The van der Waals surface area contributed by atoms with E-state index in [-0.39, 0.29) is 12.0 Å². The molecule has 0 atom stereocenters. The largest absolute Gasteiger partial charge is 0.447 e. The Morgan fingerprint density at radius 2 is 1.77 bits per heavy atom. The van der Waals surface area contributed by atoms with Gasteiger partial charge in [0.15, 0.2) is 0 Å². The van der Waals surface area contributed by atoms with Gasteiger partial charge in [0.1, 0.15) is 6.61 Å². The third-order valence-electron chi connectivity index (χ3n) is 3.30. The average molecular weight is 317 g/mol. The molecule has 1 N–H and O–H groups in total. The van der Waals surface area contributed by atoms with Crippen LogP contribution in [0.5, 0.6) is 0 Å². The lowest BCUT2D eigenvalue weighted by atomic mass is 10.2. The maximum Gasteiger partial charge on any atom is 0.414 e. The molecule has 1 fully saturated rings. The first-order valence-corrected chi connectivity index (χ1v) is 7.12. The minimum atomic E-state index is -0.363. The SMILES string of the molecule is O=C(Nc1ccc(Cl)cc1)c1ccc(N2CCOC2=O)cc1. The van der Waals surface area contributed by atoms with E-state index in [1.54, 1.807) is 48.5 Å². The van der Waals surface area contributed by atoms with E-state index in [1.165, 1.54) is 4.90 Å². The van der Waals surface area contributed by atoms with Crippen molar-refractivity contribution >= 4 is 35.0 Å². The molecule has 6 heteroatoms. The third-order valence-corrected chi connectivity index (χ3v) is 3.56. The van der Waals surface area contributed by atoms with Gasteiger partial charge in [-0.05, 0) is 48.5 Å². The topological polar surface area (TPSA) is 58.6 Å². The number of hydrogen-bond donors (Lipinski definition) is 1. The monoisotopic (exact) mass is 316 g/mol. The molecule has 0 aliphatic carbocycles. The number of benzene rings is 2. The number of halogens is 1. The molecule has 3 rings (SSSR count). The van der Waals surface area contributed by atoms with Crippen molar-refractivity contribution in [1.29, 1.82) is 0 Å². The molecule has 0 unspecified atom stereocenters. The molecular formula is C16H13ClN2O3. The summed E-state index contributed by atoms with van der Waals surface area (Å²) in [7, 11) is 0. The minimum Gasteiger partial charge on any atom is -0.447 e. The molecule has 0 radical (unpaired) electrons. The number of carbonyl (C=O) groups is 2. The number of hydrogen-bond acceptors (Lipinski definition) is 3. The summed E-state index contributed by atoms with van der Waals surface area (Å²) in [6.45, 7) is 0.910. The maximum atomic E-state index is 12.1. The lowest BCUT2D eigenvalue weighted by Gasteiger charge is -2.13. The van der Waals surface area contributed by atoms with E-state index in [2.05, 4.69) is 5.32 Å². The van der Waals surface area contributed by atoms with E-state index >= 15 is 0 Å². The highest BCUT2D eigenvalue weighted by Crippen LogP contribution is 2.20. The summed E-state index contributed by atoms with van der Waals surface area (Å²) in [5, 5.41) is 3.39. The van der Waals surface area contributed by atoms with Gasteiger partial charge in [-0.3, -0.25) is 9.69 Å². The summed E-state index contributed by atoms with van der Waals surface area (Å²) < 4.78 is 4.88. The van der Waals surface area contributed by atoms with Crippen LogP contribution in [0.15, 0.2) is 48.5 Å². The van der Waals surface area contributed by atoms with Gasteiger partial charge < -0.3 is 10.1 Å². The second kappa shape index (κ2) is 6.07. The number of cyclic esters (lactones) is 1. The standard InChI is InChI=1S/C16H13ClN2O3/c17-12-3-5-13(6-4-12)18-15(20)11-1-7-14(8-2-11)19-9-10-22-16(19)21/h1-8H,9-10H2,(H,18,20). The van der Waals surface area contributed by atoms with Crippen molar-refractivity contribution in [2.75, 3.05) is 23.4 Å². The molecule has 112 valence electrons. The maximum absolute atomic E-state index is 12.1. The van der Waals surface area contributed by atoms with Gasteiger partial charge >= 0.3 is 6.09 Å². The Balaban J connectivity index is 1.70. The Morgan fingerprint density at radius 1 is 1.09 bits per heavy atom. The van der Waals surface area contributed by atoms with Gasteiger partial charge in [-0.1, -0.05) is 11.6 Å². The zero-order valence-corrected chi connectivity index (χ0v) is 12.3. The van der Waals surface area contributed by atoms with Crippen LogP contribution in [-0.4, -0.2) is 25.2 Å². The Kier molecular flexibility index (Phi) is 3.98. The molecule has 0 bridgehead atoms. The van der Waals surface area contributed by atoms with Gasteiger partial charge in [0, 0.05) is 22.0 Å². The summed E-state index contributed by atoms with van der Waals surface area (Å²) in [6.07, 6.45) is -0.363. The van der Waals surface area contributed by atoms with Gasteiger partial charge in [0.2, 0.25) is 0 Å². The molecule has 1 aliphatic heterocycles. The predicted octanol–water partition coefficient (Wildman–Crippen LogP) is 3.55. The second-order valence-corrected chi connectivity index (χ2v) is 5.21. The highest BCUT2D eigenvalue weighted by Gasteiger charge is 2.23. The molecule has 0 spiro atoms. The average Bonchev–Trinajstić information content (AvgIpc) is 2.96. The van der Waals surface area contributed by atoms with Crippen LogP contribution in [0.2, 0.25) is 5.02 Å². The number of anilines is 2. The Bertz CT molecular complexity index is 698. The number of rotatable bonds is 3. The highest BCUT2D eigenvalue weighted by molar-refractivity contribution is 6.30. The third kappa shape index (κ3) is 3.04. The molecule has 2 amide bonds. The van der Waals surface area contributed by atoms with E-state index in [0.717, 1.165) is 0 Å². The summed E-state index contributed by atoms with van der Waals surface area (Å²) in [5.74, 6) is -0.224. The molecule has 5 nitrogen and oxygen atoms in total. The number of amides is 2. The fourth-order valence-corrected chi connectivity index (χ4v) is 2.28. The minimum absolute atomic E-state index is 0.224. The molecule has 1 heterocycles. The van der Waals surface area contributed by atoms with Crippen LogP contribution in [0.3, 0.4) is 0 Å². The van der Waals surface area contributed by atoms with E-state index in [0.29, 0.717) is 35.1 Å². The van der Waals surface area contributed by atoms with Crippen molar-refractivity contribution in [3.05, 3.63) is 59.1 Å². The number of nitrogens with one attached hydrogen (secondary N) is 1. The molecular weight excluding hydrogens is 304 g/mol. The van der Waals surface area contributed by atoms with Gasteiger partial charge in [0.25, 0.3) is 5.91 Å². The predicted molar refractivity (Wildman–Crippen MR) is 84.5 cm³/mol. The first kappa shape index (κ1) is 14.4. The van der Waals surface area contributed by atoms with Crippen LogP contribution in [0.25, 0.3) is 0 Å². The zero-order chi connectivity index (χ0) is 15.5. The number of carbonyl (C=O) groups excluding carboxylic acids is 2. The van der Waals surface area contributed by atoms with Crippen LogP contribution in [0.1, 0.15) is 10.4 Å². The zero-order valence-electron chi connectivity index (χ0n) is 11.6. The van der Waals surface area contributed by atoms with Crippen molar-refractivity contribution in [1.82, 2.24) is 0 Å². The van der Waals surface area contributed by atoms with Crippen molar-refractivity contribution < 1.29 is 14.3 Å². The van der Waals surface area contributed by atoms with Crippen LogP contribution in [-0.2, 0) is 4.74 Å². The lowest BCUT2D eigenvalue weighted by molar-refractivity contribution is 0.102. The van der Waals surface area contributed by atoms with Crippen LogP contribution >= 0.6 is 11.6 Å². The smallest absolute Gasteiger partial charge is 0.414 e. The fourth-order valence-electron chi connectivity index (χ4n) is 2.16. The van der Waals surface area contributed by atoms with Gasteiger partial charge in [-0.2, -0.15) is 0 Å². The van der Waals surface area contributed by atoms with E-state index in [4.69, 9.17) is 16.3 Å². The molecule has 2 aromatic carbocycles. The van der Waals surface area contributed by atoms with E-state index in [1.807, 2.05) is 0 Å². The van der Waals surface area contributed by atoms with Crippen molar-refractivity contribution in [3.8, 4) is 0 Å². The summed E-state index contributed by atoms with van der Waals surface area (Å²) in [4.78, 5) is 25.2. The first-order valence-electron chi connectivity index (χ1n) is 6.75. The van der Waals surface area contributed by atoms with E-state index < -0.39 is 0 Å². The summed E-state index contributed by atoms with van der Waals surface area (Å²) in [6, 6.07) is 13.7. The first-order chi connectivity index (χ1) is 10.6.